The lowest BCUT2D eigenvalue weighted by molar-refractivity contribution is 0.0984. The first-order chi connectivity index (χ1) is 13.4. The van der Waals surface area contributed by atoms with E-state index in [0.29, 0.717) is 18.9 Å². The minimum absolute atomic E-state index is 0.202. The molecule has 3 aromatic carbocycles. The fourth-order valence-corrected chi connectivity index (χ4v) is 3.89. The van der Waals surface area contributed by atoms with Gasteiger partial charge in [-0.05, 0) is 52.6 Å². The predicted molar refractivity (Wildman–Crippen MR) is 119 cm³/mol. The van der Waals surface area contributed by atoms with Crippen molar-refractivity contribution in [1.29, 1.82) is 0 Å². The molecule has 0 aliphatic heterocycles. The van der Waals surface area contributed by atoms with Crippen molar-refractivity contribution in [2.24, 2.45) is 11.1 Å². The van der Waals surface area contributed by atoms with E-state index in [0.717, 1.165) is 29.2 Å². The topological polar surface area (TPSA) is 43.1 Å². The molecule has 0 saturated carbocycles. The lowest BCUT2D eigenvalue weighted by atomic mass is 9.81. The summed E-state index contributed by atoms with van der Waals surface area (Å²) in [7, 11) is 0. The number of carbonyl (C=O) groups excluding carboxylic acids is 1. The molecule has 0 bridgehead atoms. The zero-order chi connectivity index (χ0) is 20.1. The number of rotatable bonds is 7. The molecular formula is C26H31NO. The zero-order valence-electron chi connectivity index (χ0n) is 17.2. The average Bonchev–Trinajstić information content (AvgIpc) is 2.69. The summed E-state index contributed by atoms with van der Waals surface area (Å²) < 4.78 is 0. The second-order valence-corrected chi connectivity index (χ2v) is 8.89. The lowest BCUT2D eigenvalue weighted by Crippen LogP contribution is -2.19. The van der Waals surface area contributed by atoms with Crippen LogP contribution in [0.15, 0.2) is 66.7 Å². The summed E-state index contributed by atoms with van der Waals surface area (Å²) in [5, 5.41) is 2.16. The Balaban J connectivity index is 1.67. The smallest absolute Gasteiger partial charge is 0.163 e. The van der Waals surface area contributed by atoms with Crippen molar-refractivity contribution in [3.63, 3.8) is 0 Å². The van der Waals surface area contributed by atoms with Gasteiger partial charge in [0.05, 0.1) is 0 Å². The third-order valence-electron chi connectivity index (χ3n) is 5.33. The maximum atomic E-state index is 12.8. The van der Waals surface area contributed by atoms with Crippen molar-refractivity contribution >= 4 is 16.6 Å². The van der Waals surface area contributed by atoms with Crippen LogP contribution in [0.5, 0.6) is 0 Å². The van der Waals surface area contributed by atoms with Gasteiger partial charge in [-0.2, -0.15) is 0 Å². The van der Waals surface area contributed by atoms with E-state index in [2.05, 4.69) is 57.2 Å². The van der Waals surface area contributed by atoms with E-state index >= 15 is 0 Å². The summed E-state index contributed by atoms with van der Waals surface area (Å²) in [5.41, 5.74) is 9.58. The summed E-state index contributed by atoms with van der Waals surface area (Å²) in [4.78, 5) is 12.8. The molecule has 2 heteroatoms. The highest BCUT2D eigenvalue weighted by molar-refractivity contribution is 6.08. The van der Waals surface area contributed by atoms with Crippen molar-refractivity contribution in [2.45, 2.75) is 46.0 Å². The Morgan fingerprint density at radius 2 is 1.61 bits per heavy atom. The summed E-state index contributed by atoms with van der Waals surface area (Å²) >= 11 is 0. The van der Waals surface area contributed by atoms with Crippen LogP contribution >= 0.6 is 0 Å². The van der Waals surface area contributed by atoms with E-state index in [4.69, 9.17) is 5.73 Å². The number of hydrogen-bond donors (Lipinski definition) is 1. The van der Waals surface area contributed by atoms with E-state index in [1.54, 1.807) is 0 Å². The van der Waals surface area contributed by atoms with Crippen molar-refractivity contribution in [2.75, 3.05) is 6.54 Å². The van der Waals surface area contributed by atoms with E-state index in [1.807, 2.05) is 30.3 Å². The molecule has 3 aromatic rings. The van der Waals surface area contributed by atoms with Gasteiger partial charge in [0.1, 0.15) is 0 Å². The van der Waals surface area contributed by atoms with Crippen molar-refractivity contribution in [1.82, 2.24) is 0 Å². The van der Waals surface area contributed by atoms with E-state index in [-0.39, 0.29) is 11.2 Å². The highest BCUT2D eigenvalue weighted by atomic mass is 16.1. The van der Waals surface area contributed by atoms with Crippen LogP contribution in [0.1, 0.15) is 61.0 Å². The van der Waals surface area contributed by atoms with Gasteiger partial charge in [-0.15, -0.1) is 0 Å². The molecule has 1 unspecified atom stereocenters. The van der Waals surface area contributed by atoms with Crippen molar-refractivity contribution < 1.29 is 4.79 Å². The Hall–Kier alpha value is -2.45. The van der Waals surface area contributed by atoms with E-state index in [9.17, 15) is 4.79 Å². The lowest BCUT2D eigenvalue weighted by Gasteiger charge is -2.25. The van der Waals surface area contributed by atoms with Crippen LogP contribution in [0.4, 0.5) is 0 Å². The van der Waals surface area contributed by atoms with Crippen LogP contribution in [0.2, 0.25) is 0 Å². The average molecular weight is 374 g/mol. The van der Waals surface area contributed by atoms with Gasteiger partial charge in [0.15, 0.2) is 5.78 Å². The monoisotopic (exact) mass is 373 g/mol. The number of carbonyl (C=O) groups is 1. The van der Waals surface area contributed by atoms with Gasteiger partial charge in [0.2, 0.25) is 0 Å². The Labute approximate surface area is 168 Å². The summed E-state index contributed by atoms with van der Waals surface area (Å²) in [6.07, 6.45) is 2.35. The van der Waals surface area contributed by atoms with E-state index < -0.39 is 0 Å². The fraction of sp³-hybridized carbons (Fsp3) is 0.346. The van der Waals surface area contributed by atoms with Crippen molar-refractivity contribution in [3.8, 4) is 0 Å². The maximum Gasteiger partial charge on any atom is 0.163 e. The molecule has 28 heavy (non-hydrogen) atoms. The van der Waals surface area contributed by atoms with Crippen LogP contribution < -0.4 is 5.73 Å². The second kappa shape index (κ2) is 8.70. The quantitative estimate of drug-likeness (QED) is 0.506. The van der Waals surface area contributed by atoms with Crippen LogP contribution in [-0.4, -0.2) is 12.3 Å². The zero-order valence-corrected chi connectivity index (χ0v) is 17.2. The minimum Gasteiger partial charge on any atom is -0.330 e. The number of nitrogens with two attached hydrogens (primary N) is 1. The molecule has 0 saturated heterocycles. The van der Waals surface area contributed by atoms with Crippen molar-refractivity contribution in [3.05, 3.63) is 83.4 Å². The van der Waals surface area contributed by atoms with Crippen LogP contribution in [-0.2, 0) is 6.42 Å². The van der Waals surface area contributed by atoms with Gasteiger partial charge >= 0.3 is 0 Å². The number of ketones is 1. The molecule has 0 amide bonds. The summed E-state index contributed by atoms with van der Waals surface area (Å²) in [6.45, 7) is 7.42. The summed E-state index contributed by atoms with van der Waals surface area (Å²) in [5.74, 6) is 0.583. The first kappa shape index (κ1) is 20.3. The number of benzene rings is 3. The van der Waals surface area contributed by atoms with E-state index in [1.165, 1.54) is 11.1 Å². The second-order valence-electron chi connectivity index (χ2n) is 8.89. The molecule has 3 rings (SSSR count). The molecular weight excluding hydrogens is 342 g/mol. The first-order valence-electron chi connectivity index (χ1n) is 10.2. The largest absolute Gasteiger partial charge is 0.330 e. The third-order valence-corrected chi connectivity index (χ3v) is 5.33. The highest BCUT2D eigenvalue weighted by Crippen LogP contribution is 2.30. The molecule has 146 valence electrons. The molecule has 0 aromatic heterocycles. The molecule has 0 aliphatic rings. The van der Waals surface area contributed by atoms with Crippen LogP contribution in [0.25, 0.3) is 10.8 Å². The van der Waals surface area contributed by atoms with Gasteiger partial charge in [0.25, 0.3) is 0 Å². The minimum atomic E-state index is 0.202. The van der Waals surface area contributed by atoms with Gasteiger partial charge in [-0.3, -0.25) is 4.79 Å². The number of aryl methyl sites for hydroxylation is 1. The highest BCUT2D eigenvalue weighted by Gasteiger charge is 2.19. The Morgan fingerprint density at radius 1 is 0.929 bits per heavy atom. The molecule has 0 aliphatic carbocycles. The molecule has 1 atom stereocenters. The molecule has 0 radical (unpaired) electrons. The molecule has 2 nitrogen and oxygen atoms in total. The maximum absolute atomic E-state index is 12.8. The number of hydrogen-bond acceptors (Lipinski definition) is 2. The Kier molecular flexibility index (Phi) is 6.31. The molecule has 2 N–H and O–H groups in total. The Bertz CT molecular complexity index is 929. The van der Waals surface area contributed by atoms with Crippen LogP contribution in [0, 0.1) is 5.41 Å². The third kappa shape index (κ3) is 5.08. The SMILES string of the molecule is CC(C)(C)CC(CN)c1ccc(CCC(=O)c2cccc3ccccc23)cc1. The molecule has 0 fully saturated rings. The fourth-order valence-electron chi connectivity index (χ4n) is 3.89. The van der Waals surface area contributed by atoms with Gasteiger partial charge in [0, 0.05) is 12.0 Å². The van der Waals surface area contributed by atoms with Gasteiger partial charge in [-0.25, -0.2) is 0 Å². The Morgan fingerprint density at radius 3 is 2.29 bits per heavy atom. The summed E-state index contributed by atoms with van der Waals surface area (Å²) in [6, 6.07) is 22.7. The normalized spacial score (nSPS) is 12.9. The first-order valence-corrected chi connectivity index (χ1v) is 10.2. The predicted octanol–water partition coefficient (Wildman–Crippen LogP) is 6.13. The molecule has 0 spiro atoms. The number of Topliss-reactive ketones (excluding diaryl/α,β-unsaturated/α-hetero) is 1. The van der Waals surface area contributed by atoms with Gasteiger partial charge < -0.3 is 5.73 Å². The molecule has 0 heterocycles. The number of fused-ring (bicyclic) bond motifs is 1. The standard InChI is InChI=1S/C26H31NO/c1-26(2,3)17-22(18-27)20-14-11-19(12-15-20)13-16-25(28)24-10-6-8-21-7-4-5-9-23(21)24/h4-12,14-15,22H,13,16-18,27H2,1-3H3. The van der Waals surface area contributed by atoms with Gasteiger partial charge in [-0.1, -0.05) is 87.5 Å². The van der Waals surface area contributed by atoms with Crippen LogP contribution in [0.3, 0.4) is 0 Å².